The Morgan fingerprint density at radius 1 is 1.27 bits per heavy atom. The molecule has 1 aromatic heterocycles. The first kappa shape index (κ1) is 17.0. The van der Waals surface area contributed by atoms with Crippen molar-refractivity contribution in [1.82, 2.24) is 10.6 Å². The van der Waals surface area contributed by atoms with Gasteiger partial charge in [0.25, 0.3) is 5.91 Å². The van der Waals surface area contributed by atoms with Crippen LogP contribution in [0.4, 0.5) is 0 Å². The Hall–Kier alpha value is -3.02. The molecule has 0 aliphatic rings. The van der Waals surface area contributed by atoms with Crippen LogP contribution in [0.15, 0.2) is 53.7 Å². The van der Waals surface area contributed by atoms with Crippen LogP contribution in [-0.4, -0.2) is 30.5 Å². The van der Waals surface area contributed by atoms with Crippen molar-refractivity contribution in [3.8, 4) is 5.75 Å². The first-order chi connectivity index (χ1) is 10.6. The summed E-state index contributed by atoms with van der Waals surface area (Å²) in [6.07, 6.45) is 3.29. The summed E-state index contributed by atoms with van der Waals surface area (Å²) in [7, 11) is 1.48. The summed E-state index contributed by atoms with van der Waals surface area (Å²) in [4.78, 5) is 22.3. The lowest BCUT2D eigenvalue weighted by Crippen LogP contribution is -2.35. The average molecular weight is 302 g/mol. The van der Waals surface area contributed by atoms with E-state index in [0.29, 0.717) is 0 Å². The SMILES string of the molecule is C=Cc1ccco1.CNC(=O)CNC(=O)c1ccccc1O. The Kier molecular flexibility index (Phi) is 6.98. The fourth-order valence-electron chi connectivity index (χ4n) is 1.42. The van der Waals surface area contributed by atoms with E-state index in [1.807, 2.05) is 12.1 Å². The van der Waals surface area contributed by atoms with Crippen molar-refractivity contribution < 1.29 is 19.1 Å². The summed E-state index contributed by atoms with van der Waals surface area (Å²) < 4.78 is 4.86. The van der Waals surface area contributed by atoms with Crippen molar-refractivity contribution in [2.75, 3.05) is 13.6 Å². The third-order valence-corrected chi connectivity index (χ3v) is 2.58. The molecule has 0 fully saturated rings. The maximum absolute atomic E-state index is 11.4. The zero-order valence-electron chi connectivity index (χ0n) is 12.2. The maximum Gasteiger partial charge on any atom is 0.255 e. The second-order valence-corrected chi connectivity index (χ2v) is 4.09. The molecule has 22 heavy (non-hydrogen) atoms. The molecule has 2 aromatic rings. The van der Waals surface area contributed by atoms with Gasteiger partial charge < -0.3 is 20.2 Å². The molecule has 0 aliphatic heterocycles. The number of phenols is 1. The smallest absolute Gasteiger partial charge is 0.255 e. The van der Waals surface area contributed by atoms with Gasteiger partial charge in [-0.05, 0) is 30.3 Å². The number of carbonyl (C=O) groups excluding carboxylic acids is 2. The van der Waals surface area contributed by atoms with Gasteiger partial charge in [0.05, 0.1) is 18.4 Å². The highest BCUT2D eigenvalue weighted by Crippen LogP contribution is 2.14. The molecule has 2 rings (SSSR count). The Labute approximate surface area is 128 Å². The van der Waals surface area contributed by atoms with E-state index in [2.05, 4.69) is 17.2 Å². The molecule has 3 N–H and O–H groups in total. The second kappa shape index (κ2) is 9.02. The second-order valence-electron chi connectivity index (χ2n) is 4.09. The fraction of sp³-hybridized carbons (Fsp3) is 0.125. The highest BCUT2D eigenvalue weighted by Gasteiger charge is 2.10. The number of hydrogen-bond donors (Lipinski definition) is 3. The Morgan fingerprint density at radius 2 is 2.00 bits per heavy atom. The van der Waals surface area contributed by atoms with Gasteiger partial charge in [-0.2, -0.15) is 0 Å². The number of furan rings is 1. The van der Waals surface area contributed by atoms with Gasteiger partial charge in [-0.25, -0.2) is 0 Å². The molecule has 0 spiro atoms. The number of para-hydroxylation sites is 1. The summed E-state index contributed by atoms with van der Waals surface area (Å²) >= 11 is 0. The zero-order valence-corrected chi connectivity index (χ0v) is 12.2. The van der Waals surface area contributed by atoms with Crippen LogP contribution in [0.3, 0.4) is 0 Å². The summed E-state index contributed by atoms with van der Waals surface area (Å²) in [6.45, 7) is 3.40. The Morgan fingerprint density at radius 3 is 2.50 bits per heavy atom. The number of carbonyl (C=O) groups is 2. The highest BCUT2D eigenvalue weighted by molar-refractivity contribution is 5.98. The minimum absolute atomic E-state index is 0.105. The molecule has 116 valence electrons. The molecular formula is C16H18N2O4. The predicted octanol–water partition coefficient (Wildman–Crippen LogP) is 1.79. The topological polar surface area (TPSA) is 91.6 Å². The largest absolute Gasteiger partial charge is 0.507 e. The molecule has 0 atom stereocenters. The number of benzene rings is 1. The minimum Gasteiger partial charge on any atom is -0.507 e. The van der Waals surface area contributed by atoms with Crippen LogP contribution in [-0.2, 0) is 4.79 Å². The van der Waals surface area contributed by atoms with Crippen molar-refractivity contribution in [3.63, 3.8) is 0 Å². The van der Waals surface area contributed by atoms with E-state index < -0.39 is 5.91 Å². The highest BCUT2D eigenvalue weighted by atomic mass is 16.3. The maximum atomic E-state index is 11.4. The molecule has 0 unspecified atom stereocenters. The van der Waals surface area contributed by atoms with Gasteiger partial charge in [0.15, 0.2) is 0 Å². The van der Waals surface area contributed by atoms with E-state index in [-0.39, 0.29) is 23.8 Å². The Balaban J connectivity index is 0.000000287. The van der Waals surface area contributed by atoms with Crippen LogP contribution < -0.4 is 10.6 Å². The number of likely N-dealkylation sites (N-methyl/N-ethyl adjacent to an activating group) is 1. The molecule has 0 saturated heterocycles. The van der Waals surface area contributed by atoms with Crippen molar-refractivity contribution >= 4 is 17.9 Å². The van der Waals surface area contributed by atoms with E-state index in [9.17, 15) is 14.7 Å². The van der Waals surface area contributed by atoms with Crippen LogP contribution in [0.5, 0.6) is 5.75 Å². The van der Waals surface area contributed by atoms with Gasteiger partial charge in [0, 0.05) is 7.05 Å². The molecular weight excluding hydrogens is 284 g/mol. The van der Waals surface area contributed by atoms with E-state index in [1.54, 1.807) is 24.5 Å². The van der Waals surface area contributed by atoms with Crippen molar-refractivity contribution in [2.24, 2.45) is 0 Å². The van der Waals surface area contributed by atoms with Gasteiger partial charge in [0.1, 0.15) is 11.5 Å². The average Bonchev–Trinajstić information content (AvgIpc) is 3.07. The fourth-order valence-corrected chi connectivity index (χ4v) is 1.42. The van der Waals surface area contributed by atoms with E-state index in [4.69, 9.17) is 4.42 Å². The molecule has 6 heteroatoms. The van der Waals surface area contributed by atoms with E-state index in [1.165, 1.54) is 19.2 Å². The van der Waals surface area contributed by atoms with E-state index in [0.717, 1.165) is 5.76 Å². The standard InChI is InChI=1S/C10H12N2O3.C6H6O/c1-11-9(14)6-12-10(15)7-4-2-3-5-8(7)13;1-2-6-4-3-5-7-6/h2-5,13H,6H2,1H3,(H,11,14)(H,12,15);2-5H,1H2. The first-order valence-corrected chi connectivity index (χ1v) is 6.51. The number of phenolic OH excluding ortho intramolecular Hbond substituents is 1. The minimum atomic E-state index is -0.475. The van der Waals surface area contributed by atoms with Crippen LogP contribution >= 0.6 is 0 Å². The molecule has 6 nitrogen and oxygen atoms in total. The Bertz CT molecular complexity index is 621. The molecule has 0 aliphatic carbocycles. The summed E-state index contributed by atoms with van der Waals surface area (Å²) in [6, 6.07) is 9.83. The van der Waals surface area contributed by atoms with Gasteiger partial charge in [-0.15, -0.1) is 0 Å². The first-order valence-electron chi connectivity index (χ1n) is 6.51. The van der Waals surface area contributed by atoms with Gasteiger partial charge >= 0.3 is 0 Å². The number of amides is 2. The van der Waals surface area contributed by atoms with Gasteiger partial charge in [-0.3, -0.25) is 9.59 Å². The van der Waals surface area contributed by atoms with Crippen LogP contribution in [0, 0.1) is 0 Å². The van der Waals surface area contributed by atoms with Crippen LogP contribution in [0.25, 0.3) is 6.08 Å². The normalized spacial score (nSPS) is 9.14. The number of nitrogens with one attached hydrogen (secondary N) is 2. The summed E-state index contributed by atoms with van der Waals surface area (Å²) in [5.41, 5.74) is 0.154. The monoisotopic (exact) mass is 302 g/mol. The molecule has 0 saturated carbocycles. The van der Waals surface area contributed by atoms with Gasteiger partial charge in [-0.1, -0.05) is 18.7 Å². The lowest BCUT2D eigenvalue weighted by atomic mass is 10.2. The molecule has 1 aromatic carbocycles. The van der Waals surface area contributed by atoms with Crippen molar-refractivity contribution in [2.45, 2.75) is 0 Å². The quantitative estimate of drug-likeness (QED) is 0.803. The molecule has 0 radical (unpaired) electrons. The third kappa shape index (κ3) is 5.54. The van der Waals surface area contributed by atoms with E-state index >= 15 is 0 Å². The van der Waals surface area contributed by atoms with Crippen LogP contribution in [0.1, 0.15) is 16.1 Å². The number of aromatic hydroxyl groups is 1. The lowest BCUT2D eigenvalue weighted by Gasteiger charge is -2.05. The number of rotatable bonds is 4. The zero-order chi connectivity index (χ0) is 16.4. The predicted molar refractivity (Wildman–Crippen MR) is 83.3 cm³/mol. The van der Waals surface area contributed by atoms with Crippen molar-refractivity contribution in [1.29, 1.82) is 0 Å². The third-order valence-electron chi connectivity index (χ3n) is 2.58. The van der Waals surface area contributed by atoms with Crippen LogP contribution in [0.2, 0.25) is 0 Å². The lowest BCUT2D eigenvalue weighted by molar-refractivity contribution is -0.119. The summed E-state index contributed by atoms with van der Waals surface area (Å²) in [5, 5.41) is 14.1. The van der Waals surface area contributed by atoms with Gasteiger partial charge in [0.2, 0.25) is 5.91 Å². The number of hydrogen-bond acceptors (Lipinski definition) is 4. The molecule has 2 amide bonds. The molecule has 0 bridgehead atoms. The molecule has 1 heterocycles. The summed E-state index contributed by atoms with van der Waals surface area (Å²) in [5.74, 6) is -0.0534. The van der Waals surface area contributed by atoms with Crippen molar-refractivity contribution in [3.05, 3.63) is 60.6 Å².